The molecule has 0 aliphatic heterocycles. The number of carbonyl (C=O) groups is 3. The quantitative estimate of drug-likeness (QED) is 0.0330. The lowest BCUT2D eigenvalue weighted by Crippen LogP contribution is -2.40. The number of amides is 1. The average molecular weight is 751 g/mol. The maximum atomic E-state index is 12.7. The summed E-state index contributed by atoms with van der Waals surface area (Å²) in [5.41, 5.74) is 5.48. The second-order valence-electron chi connectivity index (χ2n) is 14.0. The van der Waals surface area contributed by atoms with E-state index in [1.807, 2.05) is 0 Å². The van der Waals surface area contributed by atoms with Crippen LogP contribution in [0, 0.1) is 0 Å². The monoisotopic (exact) mass is 751 g/mol. The van der Waals surface area contributed by atoms with Crippen molar-refractivity contribution in [2.24, 2.45) is 5.73 Å². The van der Waals surface area contributed by atoms with Crippen LogP contribution in [0.3, 0.4) is 0 Å². The Morgan fingerprint density at radius 3 is 1.67 bits per heavy atom. The fraction of sp³-hybridized carbons (Fsp3) is 0.638. The third-order valence-electron chi connectivity index (χ3n) is 8.93. The normalized spacial score (nSPS) is 13.5. The van der Waals surface area contributed by atoms with Crippen LogP contribution in [0.25, 0.3) is 0 Å². The second kappa shape index (κ2) is 40.7. The summed E-state index contributed by atoms with van der Waals surface area (Å²) < 4.78 is 5.90. The first-order chi connectivity index (χ1) is 26.4. The van der Waals surface area contributed by atoms with E-state index in [9.17, 15) is 19.5 Å². The smallest absolute Gasteiger partial charge is 0.326 e. The van der Waals surface area contributed by atoms with E-state index in [1.165, 1.54) is 32.1 Å². The Hall–Kier alpha value is -3.45. The number of hydrogen-bond donors (Lipinski definition) is 3. The Balaban J connectivity index is 4.35. The van der Waals surface area contributed by atoms with Crippen molar-refractivity contribution in [3.8, 4) is 0 Å². The highest BCUT2D eigenvalue weighted by Crippen LogP contribution is 2.15. The standard InChI is InChI=1S/C47H78N2O5/c1-3-5-7-9-11-13-14-15-16-17-18-19-20-21-22-23-24-25-27-29-35-41-46(51)54-43(37-32-28-26-12-10-8-6-4-2)38-33-30-31-34-40-45(50)49-44(47(52)53)39-36-42-48/h5,7,11,13,15-16,18-19,21-22,24-25,32,37,43-44H,3-4,6,8-10,12,14,17,20,23,26-31,33-36,38-42,48H2,1-2H3,(H,49,50)(H,52,53)/b7-5-,13-11-,16-15-,19-18-,22-21-,25-24-,37-32-. The van der Waals surface area contributed by atoms with E-state index in [-0.39, 0.29) is 18.0 Å². The lowest BCUT2D eigenvalue weighted by Gasteiger charge is -2.15. The van der Waals surface area contributed by atoms with Crippen LogP contribution in [-0.2, 0) is 19.1 Å². The third-order valence-corrected chi connectivity index (χ3v) is 8.93. The number of rotatable bonds is 37. The van der Waals surface area contributed by atoms with Gasteiger partial charge in [-0.15, -0.1) is 0 Å². The maximum Gasteiger partial charge on any atom is 0.326 e. The average Bonchev–Trinajstić information content (AvgIpc) is 3.16. The zero-order valence-corrected chi connectivity index (χ0v) is 34.3. The zero-order chi connectivity index (χ0) is 39.6. The van der Waals surface area contributed by atoms with Gasteiger partial charge in [0.25, 0.3) is 0 Å². The molecule has 0 aromatic rings. The van der Waals surface area contributed by atoms with E-state index < -0.39 is 12.0 Å². The van der Waals surface area contributed by atoms with E-state index in [0.717, 1.165) is 96.3 Å². The van der Waals surface area contributed by atoms with Crippen molar-refractivity contribution in [1.82, 2.24) is 5.32 Å². The number of hydrogen-bond acceptors (Lipinski definition) is 5. The summed E-state index contributed by atoms with van der Waals surface area (Å²) in [6.07, 6.45) is 53.5. The van der Waals surface area contributed by atoms with Crippen molar-refractivity contribution < 1.29 is 24.2 Å². The van der Waals surface area contributed by atoms with Gasteiger partial charge in [-0.1, -0.05) is 138 Å². The van der Waals surface area contributed by atoms with E-state index in [4.69, 9.17) is 10.5 Å². The molecule has 0 radical (unpaired) electrons. The number of carboxylic acids is 1. The van der Waals surface area contributed by atoms with Crippen molar-refractivity contribution >= 4 is 17.8 Å². The number of allylic oxidation sites excluding steroid dienone is 13. The molecule has 7 nitrogen and oxygen atoms in total. The van der Waals surface area contributed by atoms with Gasteiger partial charge in [0, 0.05) is 12.8 Å². The van der Waals surface area contributed by atoms with Crippen LogP contribution < -0.4 is 11.1 Å². The fourth-order valence-electron chi connectivity index (χ4n) is 5.71. The van der Waals surface area contributed by atoms with Gasteiger partial charge < -0.3 is 20.9 Å². The maximum absolute atomic E-state index is 12.7. The first-order valence-electron chi connectivity index (χ1n) is 21.4. The molecule has 0 bridgehead atoms. The molecule has 0 aromatic heterocycles. The molecule has 306 valence electrons. The fourth-order valence-corrected chi connectivity index (χ4v) is 5.71. The predicted molar refractivity (Wildman–Crippen MR) is 229 cm³/mol. The first-order valence-corrected chi connectivity index (χ1v) is 21.4. The number of nitrogens with two attached hydrogens (primary N) is 1. The van der Waals surface area contributed by atoms with Gasteiger partial charge in [0.2, 0.25) is 5.91 Å². The Morgan fingerprint density at radius 1 is 0.574 bits per heavy atom. The molecule has 0 aromatic carbocycles. The number of carboxylic acid groups (broad SMARTS) is 1. The molecular weight excluding hydrogens is 673 g/mol. The highest BCUT2D eigenvalue weighted by Gasteiger charge is 2.19. The molecular formula is C47H78N2O5. The van der Waals surface area contributed by atoms with Crippen molar-refractivity contribution in [1.29, 1.82) is 0 Å². The summed E-state index contributed by atoms with van der Waals surface area (Å²) in [5, 5.41) is 11.9. The molecule has 0 saturated heterocycles. The van der Waals surface area contributed by atoms with Crippen LogP contribution in [0.2, 0.25) is 0 Å². The Morgan fingerprint density at radius 2 is 1.07 bits per heavy atom. The van der Waals surface area contributed by atoms with Crippen molar-refractivity contribution in [2.45, 2.75) is 187 Å². The molecule has 0 aliphatic carbocycles. The lowest BCUT2D eigenvalue weighted by atomic mass is 10.1. The molecule has 0 saturated carbocycles. The molecule has 0 fully saturated rings. The van der Waals surface area contributed by atoms with Gasteiger partial charge >= 0.3 is 11.9 Å². The summed E-state index contributed by atoms with van der Waals surface area (Å²) in [6, 6.07) is -0.878. The largest absolute Gasteiger partial charge is 0.480 e. The topological polar surface area (TPSA) is 119 Å². The van der Waals surface area contributed by atoms with Crippen LogP contribution in [-0.4, -0.2) is 41.6 Å². The minimum absolute atomic E-state index is 0.133. The number of unbranched alkanes of at least 4 members (excludes halogenated alkanes) is 11. The highest BCUT2D eigenvalue weighted by atomic mass is 16.5. The molecule has 54 heavy (non-hydrogen) atoms. The summed E-state index contributed by atoms with van der Waals surface area (Å²) >= 11 is 0. The Kier molecular flexibility index (Phi) is 38.1. The summed E-state index contributed by atoms with van der Waals surface area (Å²) in [6.45, 7) is 4.78. The molecule has 0 spiro atoms. The van der Waals surface area contributed by atoms with Crippen molar-refractivity contribution in [3.05, 3.63) is 85.1 Å². The van der Waals surface area contributed by atoms with E-state index >= 15 is 0 Å². The molecule has 2 unspecified atom stereocenters. The number of carbonyl (C=O) groups excluding carboxylic acids is 2. The highest BCUT2D eigenvalue weighted by molar-refractivity contribution is 5.83. The van der Waals surface area contributed by atoms with Gasteiger partial charge in [-0.2, -0.15) is 0 Å². The Labute approximate surface area is 330 Å². The van der Waals surface area contributed by atoms with E-state index in [1.54, 1.807) is 0 Å². The molecule has 0 aliphatic rings. The van der Waals surface area contributed by atoms with Crippen LogP contribution in [0.5, 0.6) is 0 Å². The summed E-state index contributed by atoms with van der Waals surface area (Å²) in [7, 11) is 0. The second-order valence-corrected chi connectivity index (χ2v) is 14.0. The van der Waals surface area contributed by atoms with Gasteiger partial charge in [0.1, 0.15) is 12.1 Å². The van der Waals surface area contributed by atoms with Gasteiger partial charge in [0.05, 0.1) is 0 Å². The van der Waals surface area contributed by atoms with Crippen molar-refractivity contribution in [2.75, 3.05) is 6.54 Å². The summed E-state index contributed by atoms with van der Waals surface area (Å²) in [4.78, 5) is 36.3. The lowest BCUT2D eigenvalue weighted by molar-refractivity contribution is -0.147. The van der Waals surface area contributed by atoms with E-state index in [2.05, 4.69) is 104 Å². The molecule has 7 heteroatoms. The minimum atomic E-state index is -1.02. The number of ether oxygens (including phenoxy) is 1. The molecule has 2 atom stereocenters. The minimum Gasteiger partial charge on any atom is -0.480 e. The number of nitrogens with one attached hydrogen (secondary N) is 1. The van der Waals surface area contributed by atoms with Gasteiger partial charge in [-0.05, 0) is 115 Å². The van der Waals surface area contributed by atoms with Gasteiger partial charge in [-0.25, -0.2) is 4.79 Å². The van der Waals surface area contributed by atoms with Gasteiger partial charge in [-0.3, -0.25) is 9.59 Å². The first kappa shape index (κ1) is 50.5. The van der Waals surface area contributed by atoms with Crippen molar-refractivity contribution in [3.63, 3.8) is 0 Å². The molecule has 4 N–H and O–H groups in total. The van der Waals surface area contributed by atoms with Gasteiger partial charge in [0.15, 0.2) is 0 Å². The molecule has 1 amide bonds. The van der Waals surface area contributed by atoms with Crippen LogP contribution in [0.4, 0.5) is 0 Å². The third kappa shape index (κ3) is 36.9. The van der Waals surface area contributed by atoms with E-state index in [0.29, 0.717) is 38.6 Å². The predicted octanol–water partition coefficient (Wildman–Crippen LogP) is 12.1. The SMILES string of the molecule is CC/C=C\C/C=C\C/C=C\C/C=C\C/C=C\C/C=C\CCCCC(=O)OC(/C=C\CCCCCCCC)CCCCCCC(=O)NC(CCCN)C(=O)O. The Bertz CT molecular complexity index is 1120. The van der Waals surface area contributed by atoms with Crippen LogP contribution in [0.1, 0.15) is 174 Å². The molecule has 0 rings (SSSR count). The number of aliphatic carboxylic acids is 1. The van der Waals surface area contributed by atoms with Crippen LogP contribution in [0.15, 0.2) is 85.1 Å². The molecule has 0 heterocycles. The zero-order valence-electron chi connectivity index (χ0n) is 34.3. The number of esters is 1. The summed E-state index contributed by atoms with van der Waals surface area (Å²) in [5.74, 6) is -1.39. The van der Waals surface area contributed by atoms with Crippen LogP contribution >= 0.6 is 0 Å².